The van der Waals surface area contributed by atoms with Crippen molar-refractivity contribution >= 4 is 11.3 Å². The Kier molecular flexibility index (Phi) is 4.14. The molecule has 1 N–H and O–H groups in total. The molecule has 0 amide bonds. The van der Waals surface area contributed by atoms with Crippen molar-refractivity contribution < 1.29 is 0 Å². The molecule has 0 saturated heterocycles. The van der Waals surface area contributed by atoms with Crippen LogP contribution < -0.4 is 5.32 Å². The number of hydrogen-bond acceptors (Lipinski definition) is 4. The molecular weight excluding hydrogens is 244 g/mol. The van der Waals surface area contributed by atoms with Crippen LogP contribution in [0.1, 0.15) is 34.4 Å². The summed E-state index contributed by atoms with van der Waals surface area (Å²) in [5.74, 6) is 1.10. The lowest BCUT2D eigenvalue weighted by atomic mass is 10.1. The molecule has 2 heterocycles. The summed E-state index contributed by atoms with van der Waals surface area (Å²) in [6.45, 7) is 7.23. The van der Waals surface area contributed by atoms with Crippen LogP contribution in [0.4, 0.5) is 0 Å². The third-order valence-electron chi connectivity index (χ3n) is 3.01. The minimum absolute atomic E-state index is 0.308. The summed E-state index contributed by atoms with van der Waals surface area (Å²) in [5, 5.41) is 4.67. The lowest BCUT2D eigenvalue weighted by Gasteiger charge is -2.16. The molecule has 0 saturated carbocycles. The second kappa shape index (κ2) is 5.63. The lowest BCUT2D eigenvalue weighted by Crippen LogP contribution is -2.24. The van der Waals surface area contributed by atoms with Crippen molar-refractivity contribution in [3.8, 4) is 0 Å². The Labute approximate surface area is 112 Å². The van der Waals surface area contributed by atoms with Gasteiger partial charge in [-0.05, 0) is 20.4 Å². The third-order valence-corrected chi connectivity index (χ3v) is 4.20. The van der Waals surface area contributed by atoms with Gasteiger partial charge in [0.05, 0.1) is 16.7 Å². The fraction of sp³-hybridized carbons (Fsp3) is 0.538. The van der Waals surface area contributed by atoms with Crippen LogP contribution in [0.5, 0.6) is 0 Å². The van der Waals surface area contributed by atoms with Gasteiger partial charge in [-0.25, -0.2) is 9.97 Å². The van der Waals surface area contributed by atoms with Gasteiger partial charge in [-0.3, -0.25) is 0 Å². The molecule has 2 aromatic rings. The summed E-state index contributed by atoms with van der Waals surface area (Å²) < 4.78 is 2.08. The van der Waals surface area contributed by atoms with E-state index in [1.54, 1.807) is 11.3 Å². The molecule has 0 fully saturated rings. The molecule has 5 heteroatoms. The van der Waals surface area contributed by atoms with Crippen molar-refractivity contribution in [3.63, 3.8) is 0 Å². The summed E-state index contributed by atoms with van der Waals surface area (Å²) in [6, 6.07) is 0.308. The Morgan fingerprint density at radius 2 is 2.22 bits per heavy atom. The van der Waals surface area contributed by atoms with Gasteiger partial charge in [0.2, 0.25) is 0 Å². The first-order chi connectivity index (χ1) is 8.61. The molecule has 4 nitrogen and oxygen atoms in total. The van der Waals surface area contributed by atoms with Gasteiger partial charge in [-0.15, -0.1) is 11.3 Å². The number of nitrogens with zero attached hydrogens (tertiary/aromatic N) is 3. The molecule has 98 valence electrons. The van der Waals surface area contributed by atoms with Gasteiger partial charge < -0.3 is 9.88 Å². The molecule has 2 aromatic heterocycles. The van der Waals surface area contributed by atoms with Crippen molar-refractivity contribution in [2.45, 2.75) is 33.2 Å². The molecule has 0 spiro atoms. The first-order valence-electron chi connectivity index (χ1n) is 6.25. The molecule has 0 aliphatic rings. The van der Waals surface area contributed by atoms with Gasteiger partial charge in [0.15, 0.2) is 0 Å². The maximum atomic E-state index is 4.52. The lowest BCUT2D eigenvalue weighted by molar-refractivity contribution is 0.533. The number of aromatic nitrogens is 3. The largest absolute Gasteiger partial charge is 0.338 e. The van der Waals surface area contributed by atoms with Crippen LogP contribution in [0.25, 0.3) is 0 Å². The molecule has 1 unspecified atom stereocenters. The molecule has 0 aliphatic carbocycles. The van der Waals surface area contributed by atoms with Crippen molar-refractivity contribution in [1.29, 1.82) is 0 Å². The molecular formula is C13H20N4S. The molecule has 0 aromatic carbocycles. The SMILES string of the molecule is CCNC(Cc1nccn1C)c1sc(C)nc1C. The number of rotatable bonds is 5. The Hall–Kier alpha value is -1.20. The first kappa shape index (κ1) is 13.2. The molecule has 18 heavy (non-hydrogen) atoms. The highest BCUT2D eigenvalue weighted by Crippen LogP contribution is 2.27. The quantitative estimate of drug-likeness (QED) is 0.901. The second-order valence-electron chi connectivity index (χ2n) is 4.45. The normalized spacial score (nSPS) is 12.9. The smallest absolute Gasteiger partial charge is 0.110 e. The average molecular weight is 264 g/mol. The van der Waals surface area contributed by atoms with E-state index in [-0.39, 0.29) is 0 Å². The van der Waals surface area contributed by atoms with Crippen molar-refractivity contribution in [1.82, 2.24) is 19.9 Å². The molecule has 2 rings (SSSR count). The first-order valence-corrected chi connectivity index (χ1v) is 7.07. The number of nitrogens with one attached hydrogen (secondary N) is 1. The van der Waals surface area contributed by atoms with Crippen LogP contribution in [-0.4, -0.2) is 21.1 Å². The Bertz CT molecular complexity index is 515. The molecule has 0 aliphatic heterocycles. The van der Waals surface area contributed by atoms with E-state index in [2.05, 4.69) is 40.6 Å². The van der Waals surface area contributed by atoms with Gasteiger partial charge >= 0.3 is 0 Å². The summed E-state index contributed by atoms with van der Waals surface area (Å²) in [5.41, 5.74) is 1.14. The predicted octanol–water partition coefficient (Wildman–Crippen LogP) is 2.39. The Morgan fingerprint density at radius 1 is 1.44 bits per heavy atom. The fourth-order valence-corrected chi connectivity index (χ4v) is 3.15. The van der Waals surface area contributed by atoms with E-state index in [9.17, 15) is 0 Å². The molecule has 0 bridgehead atoms. The highest BCUT2D eigenvalue weighted by molar-refractivity contribution is 7.11. The number of hydrogen-bond donors (Lipinski definition) is 1. The minimum atomic E-state index is 0.308. The van der Waals surface area contributed by atoms with Crippen LogP contribution in [0.2, 0.25) is 0 Å². The maximum Gasteiger partial charge on any atom is 0.110 e. The summed E-state index contributed by atoms with van der Waals surface area (Å²) in [7, 11) is 2.04. The average Bonchev–Trinajstić information content (AvgIpc) is 2.85. The number of aryl methyl sites for hydroxylation is 3. The summed E-state index contributed by atoms with van der Waals surface area (Å²) >= 11 is 1.78. The maximum absolute atomic E-state index is 4.52. The van der Waals surface area contributed by atoms with Gasteiger partial charge in [-0.1, -0.05) is 6.92 Å². The van der Waals surface area contributed by atoms with Crippen molar-refractivity contribution in [2.75, 3.05) is 6.54 Å². The molecule has 1 atom stereocenters. The van der Waals surface area contributed by atoms with Crippen LogP contribution in [0, 0.1) is 13.8 Å². The van der Waals surface area contributed by atoms with Crippen LogP contribution in [0.15, 0.2) is 12.4 Å². The standard InChI is InChI=1S/C13H20N4S/c1-5-14-11(8-12-15-6-7-17(12)4)13-9(2)16-10(3)18-13/h6-7,11,14H,5,8H2,1-4H3. The molecule has 0 radical (unpaired) electrons. The summed E-state index contributed by atoms with van der Waals surface area (Å²) in [6.07, 6.45) is 4.74. The topological polar surface area (TPSA) is 42.7 Å². The van der Waals surface area contributed by atoms with E-state index in [0.29, 0.717) is 6.04 Å². The van der Waals surface area contributed by atoms with Gasteiger partial charge in [0.1, 0.15) is 5.82 Å². The van der Waals surface area contributed by atoms with Crippen molar-refractivity contribution in [2.24, 2.45) is 7.05 Å². The minimum Gasteiger partial charge on any atom is -0.338 e. The van der Waals surface area contributed by atoms with E-state index in [1.165, 1.54) is 4.88 Å². The monoisotopic (exact) mass is 264 g/mol. The highest BCUT2D eigenvalue weighted by atomic mass is 32.1. The van der Waals surface area contributed by atoms with E-state index in [4.69, 9.17) is 0 Å². The highest BCUT2D eigenvalue weighted by Gasteiger charge is 2.18. The van der Waals surface area contributed by atoms with Crippen LogP contribution in [0.3, 0.4) is 0 Å². The number of imidazole rings is 1. The van der Waals surface area contributed by atoms with E-state index in [1.807, 2.05) is 19.4 Å². The van der Waals surface area contributed by atoms with E-state index in [0.717, 1.165) is 29.5 Å². The summed E-state index contributed by atoms with van der Waals surface area (Å²) in [4.78, 5) is 10.3. The van der Waals surface area contributed by atoms with Crippen LogP contribution >= 0.6 is 11.3 Å². The zero-order chi connectivity index (χ0) is 13.1. The second-order valence-corrected chi connectivity index (χ2v) is 5.69. The van der Waals surface area contributed by atoms with Gasteiger partial charge in [0, 0.05) is 30.7 Å². The fourth-order valence-electron chi connectivity index (χ4n) is 2.15. The zero-order valence-corrected chi connectivity index (χ0v) is 12.2. The van der Waals surface area contributed by atoms with Gasteiger partial charge in [-0.2, -0.15) is 0 Å². The van der Waals surface area contributed by atoms with Gasteiger partial charge in [0.25, 0.3) is 0 Å². The Balaban J connectivity index is 2.23. The number of likely N-dealkylation sites (N-methyl/N-ethyl adjacent to an activating group) is 1. The third kappa shape index (κ3) is 2.79. The predicted molar refractivity (Wildman–Crippen MR) is 74.9 cm³/mol. The van der Waals surface area contributed by atoms with E-state index < -0.39 is 0 Å². The van der Waals surface area contributed by atoms with E-state index >= 15 is 0 Å². The van der Waals surface area contributed by atoms with Crippen LogP contribution in [-0.2, 0) is 13.5 Å². The Morgan fingerprint density at radius 3 is 2.72 bits per heavy atom. The number of thiazole rings is 1. The van der Waals surface area contributed by atoms with Crippen molar-refractivity contribution in [3.05, 3.63) is 33.8 Å². The zero-order valence-electron chi connectivity index (χ0n) is 11.4.